The van der Waals surface area contributed by atoms with Crippen LogP contribution in [0.25, 0.3) is 0 Å². The number of aromatic nitrogens is 2. The number of amides is 1. The first kappa shape index (κ1) is 18.0. The number of carbonyl (C=O) groups is 1. The summed E-state index contributed by atoms with van der Waals surface area (Å²) in [5, 5.41) is 7.69. The van der Waals surface area contributed by atoms with Gasteiger partial charge in [-0.2, -0.15) is 5.10 Å². The van der Waals surface area contributed by atoms with Crippen LogP contribution >= 0.6 is 0 Å². The summed E-state index contributed by atoms with van der Waals surface area (Å²) in [6.07, 6.45) is 0. The van der Waals surface area contributed by atoms with Crippen molar-refractivity contribution in [3.05, 3.63) is 41.6 Å². The predicted molar refractivity (Wildman–Crippen MR) is 96.9 cm³/mol. The van der Waals surface area contributed by atoms with Crippen LogP contribution in [0.1, 0.15) is 57.6 Å². The molecule has 0 saturated carbocycles. The van der Waals surface area contributed by atoms with Gasteiger partial charge in [0.05, 0.1) is 18.3 Å². The molecule has 0 bridgehead atoms. The summed E-state index contributed by atoms with van der Waals surface area (Å²) in [7, 11) is 1.58. The van der Waals surface area contributed by atoms with Crippen molar-refractivity contribution in [3.8, 4) is 5.75 Å². The van der Waals surface area contributed by atoms with Gasteiger partial charge >= 0.3 is 0 Å². The SMILES string of the molecule is COc1cccc(C(=O)Nc2cc(C(C)(C)C)nn2C(C)(C)C)c1. The zero-order chi connectivity index (χ0) is 18.1. The fourth-order valence-electron chi connectivity index (χ4n) is 2.30. The Morgan fingerprint density at radius 3 is 2.33 bits per heavy atom. The zero-order valence-corrected chi connectivity index (χ0v) is 15.6. The van der Waals surface area contributed by atoms with Crippen LogP contribution in [0.3, 0.4) is 0 Å². The van der Waals surface area contributed by atoms with E-state index in [1.807, 2.05) is 16.8 Å². The summed E-state index contributed by atoms with van der Waals surface area (Å²) in [5.74, 6) is 1.17. The second kappa shape index (κ2) is 6.30. The molecule has 130 valence electrons. The van der Waals surface area contributed by atoms with Crippen LogP contribution in [0.5, 0.6) is 5.75 Å². The first-order chi connectivity index (χ1) is 11.0. The number of anilines is 1. The topological polar surface area (TPSA) is 56.1 Å². The summed E-state index contributed by atoms with van der Waals surface area (Å²) in [6.45, 7) is 12.5. The minimum atomic E-state index is -0.236. The number of nitrogens with one attached hydrogen (secondary N) is 1. The number of rotatable bonds is 3. The van der Waals surface area contributed by atoms with Crippen molar-refractivity contribution < 1.29 is 9.53 Å². The first-order valence-corrected chi connectivity index (χ1v) is 8.09. The average Bonchev–Trinajstić information content (AvgIpc) is 2.91. The largest absolute Gasteiger partial charge is 0.497 e. The maximum Gasteiger partial charge on any atom is 0.256 e. The van der Waals surface area contributed by atoms with Gasteiger partial charge in [-0.1, -0.05) is 26.8 Å². The minimum absolute atomic E-state index is 0.0913. The smallest absolute Gasteiger partial charge is 0.256 e. The molecule has 0 atom stereocenters. The highest BCUT2D eigenvalue weighted by Gasteiger charge is 2.26. The van der Waals surface area contributed by atoms with Gasteiger partial charge in [0.25, 0.3) is 5.91 Å². The number of nitrogens with zero attached hydrogens (tertiary/aromatic N) is 2. The Balaban J connectivity index is 2.37. The first-order valence-electron chi connectivity index (χ1n) is 8.09. The normalized spacial score (nSPS) is 12.1. The Hall–Kier alpha value is -2.30. The standard InChI is InChI=1S/C19H27N3O2/c1-18(2,3)15-12-16(22(21-15)19(4,5)6)20-17(23)13-9-8-10-14(11-13)24-7/h8-12H,1-7H3,(H,20,23). The van der Waals surface area contributed by atoms with E-state index >= 15 is 0 Å². The quantitative estimate of drug-likeness (QED) is 0.918. The molecule has 1 aromatic carbocycles. The van der Waals surface area contributed by atoms with Crippen LogP contribution in [0, 0.1) is 0 Å². The Morgan fingerprint density at radius 2 is 1.79 bits per heavy atom. The fraction of sp³-hybridized carbons (Fsp3) is 0.474. The van der Waals surface area contributed by atoms with Gasteiger partial charge in [-0.15, -0.1) is 0 Å². The molecule has 0 fully saturated rings. The van der Waals surface area contributed by atoms with Gasteiger partial charge in [-0.05, 0) is 39.0 Å². The number of ether oxygens (including phenoxy) is 1. The van der Waals surface area contributed by atoms with E-state index in [9.17, 15) is 4.79 Å². The van der Waals surface area contributed by atoms with Crippen molar-refractivity contribution >= 4 is 11.7 Å². The minimum Gasteiger partial charge on any atom is -0.497 e. The molecule has 1 amide bonds. The molecule has 0 unspecified atom stereocenters. The van der Waals surface area contributed by atoms with Crippen molar-refractivity contribution in [3.63, 3.8) is 0 Å². The van der Waals surface area contributed by atoms with E-state index in [-0.39, 0.29) is 16.9 Å². The highest BCUT2D eigenvalue weighted by atomic mass is 16.5. The molecular formula is C19H27N3O2. The highest BCUT2D eigenvalue weighted by Crippen LogP contribution is 2.28. The van der Waals surface area contributed by atoms with Crippen molar-refractivity contribution in [2.45, 2.75) is 52.5 Å². The Bertz CT molecular complexity index is 734. The number of hydrogen-bond acceptors (Lipinski definition) is 3. The van der Waals surface area contributed by atoms with E-state index in [1.54, 1.807) is 25.3 Å². The highest BCUT2D eigenvalue weighted by molar-refractivity contribution is 6.04. The van der Waals surface area contributed by atoms with Crippen molar-refractivity contribution in [1.82, 2.24) is 9.78 Å². The maximum absolute atomic E-state index is 12.6. The molecule has 1 N–H and O–H groups in total. The average molecular weight is 329 g/mol. The Labute approximate surface area is 144 Å². The molecule has 0 radical (unpaired) electrons. The molecule has 0 saturated heterocycles. The van der Waals surface area contributed by atoms with Crippen LogP contribution < -0.4 is 10.1 Å². The van der Waals surface area contributed by atoms with Crippen LogP contribution in [-0.4, -0.2) is 22.8 Å². The van der Waals surface area contributed by atoms with Crippen molar-refractivity contribution in [2.24, 2.45) is 0 Å². The van der Waals surface area contributed by atoms with Gasteiger partial charge in [0.2, 0.25) is 0 Å². The molecule has 0 aliphatic heterocycles. The molecule has 1 heterocycles. The molecule has 0 aliphatic carbocycles. The van der Waals surface area contributed by atoms with Crippen molar-refractivity contribution in [2.75, 3.05) is 12.4 Å². The van der Waals surface area contributed by atoms with Crippen LogP contribution in [-0.2, 0) is 11.0 Å². The lowest BCUT2D eigenvalue weighted by atomic mass is 9.92. The fourth-order valence-corrected chi connectivity index (χ4v) is 2.30. The third kappa shape index (κ3) is 3.96. The summed E-state index contributed by atoms with van der Waals surface area (Å²) >= 11 is 0. The number of benzene rings is 1. The van der Waals surface area contributed by atoms with Crippen LogP contribution in [0.4, 0.5) is 5.82 Å². The number of methoxy groups -OCH3 is 1. The maximum atomic E-state index is 12.6. The summed E-state index contributed by atoms with van der Waals surface area (Å²) in [4.78, 5) is 12.6. The van der Waals surface area contributed by atoms with E-state index in [1.165, 1.54) is 0 Å². The monoisotopic (exact) mass is 329 g/mol. The van der Waals surface area contributed by atoms with E-state index in [0.717, 1.165) is 5.69 Å². The lowest BCUT2D eigenvalue weighted by Crippen LogP contribution is -2.27. The Kier molecular flexibility index (Phi) is 4.74. The second-order valence-corrected chi connectivity index (χ2v) is 7.93. The number of hydrogen-bond donors (Lipinski definition) is 1. The molecular weight excluding hydrogens is 302 g/mol. The third-order valence-corrected chi connectivity index (χ3v) is 3.69. The van der Waals surface area contributed by atoms with Gasteiger partial charge in [-0.25, -0.2) is 4.68 Å². The molecule has 0 spiro atoms. The van der Waals surface area contributed by atoms with Crippen molar-refractivity contribution in [1.29, 1.82) is 0 Å². The van der Waals surface area contributed by atoms with Gasteiger partial charge in [0.1, 0.15) is 11.6 Å². The van der Waals surface area contributed by atoms with Gasteiger partial charge in [-0.3, -0.25) is 4.79 Å². The summed E-state index contributed by atoms with van der Waals surface area (Å²) in [5.41, 5.74) is 1.17. The van der Waals surface area contributed by atoms with Gasteiger partial charge in [0, 0.05) is 17.0 Å². The van der Waals surface area contributed by atoms with Crippen LogP contribution in [0.15, 0.2) is 30.3 Å². The molecule has 5 heteroatoms. The van der Waals surface area contributed by atoms with Crippen LogP contribution in [0.2, 0.25) is 0 Å². The molecule has 24 heavy (non-hydrogen) atoms. The Morgan fingerprint density at radius 1 is 1.12 bits per heavy atom. The zero-order valence-electron chi connectivity index (χ0n) is 15.6. The van der Waals surface area contributed by atoms with Gasteiger partial charge in [0.15, 0.2) is 0 Å². The predicted octanol–water partition coefficient (Wildman–Crippen LogP) is 4.20. The molecule has 0 aliphatic rings. The van der Waals surface area contributed by atoms with E-state index in [4.69, 9.17) is 9.84 Å². The second-order valence-electron chi connectivity index (χ2n) is 7.93. The molecule has 2 aromatic rings. The molecule has 5 nitrogen and oxygen atoms in total. The van der Waals surface area contributed by atoms with E-state index in [2.05, 4.69) is 46.9 Å². The molecule has 1 aromatic heterocycles. The van der Waals surface area contributed by atoms with E-state index in [0.29, 0.717) is 17.1 Å². The lowest BCUT2D eigenvalue weighted by molar-refractivity contribution is 0.102. The molecule has 2 rings (SSSR count). The lowest BCUT2D eigenvalue weighted by Gasteiger charge is -2.23. The third-order valence-electron chi connectivity index (χ3n) is 3.69. The number of carbonyl (C=O) groups excluding carboxylic acids is 1. The summed E-state index contributed by atoms with van der Waals surface area (Å²) in [6, 6.07) is 9.05. The van der Waals surface area contributed by atoms with E-state index < -0.39 is 0 Å². The summed E-state index contributed by atoms with van der Waals surface area (Å²) < 4.78 is 7.05. The van der Waals surface area contributed by atoms with Gasteiger partial charge < -0.3 is 10.1 Å².